The summed E-state index contributed by atoms with van der Waals surface area (Å²) in [5.74, 6) is 0. The molecule has 0 N–H and O–H groups in total. The van der Waals surface area contributed by atoms with Gasteiger partial charge in [0.1, 0.15) is 0 Å². The molecular weight excluding hydrogens is 218 g/mol. The number of unbranched alkanes of at least 4 members (excludes halogenated alkanes) is 1. The van der Waals surface area contributed by atoms with Crippen LogP contribution in [0.25, 0.3) is 0 Å². The summed E-state index contributed by atoms with van der Waals surface area (Å²) in [6, 6.07) is 7.02. The van der Waals surface area contributed by atoms with E-state index in [0.29, 0.717) is 0 Å². The normalized spacial score (nSPS) is 10.7. The molecule has 0 fully saturated rings. The van der Waals surface area contributed by atoms with Crippen LogP contribution in [0.3, 0.4) is 0 Å². The van der Waals surface area contributed by atoms with Gasteiger partial charge in [-0.15, -0.1) is 0 Å². The van der Waals surface area contributed by atoms with Gasteiger partial charge in [-0.2, -0.15) is 0 Å². The summed E-state index contributed by atoms with van der Waals surface area (Å²) in [6.07, 6.45) is 6.23. The molecule has 1 aromatic rings. The van der Waals surface area contributed by atoms with E-state index in [1.807, 2.05) is 0 Å². The number of hydrogen-bond donors (Lipinski definition) is 0. The summed E-state index contributed by atoms with van der Waals surface area (Å²) in [7, 11) is 0. The first-order valence-electron chi connectivity index (χ1n) is 7.57. The molecule has 0 spiro atoms. The van der Waals surface area contributed by atoms with E-state index in [2.05, 4.69) is 50.8 Å². The van der Waals surface area contributed by atoms with Crippen molar-refractivity contribution >= 4 is 5.69 Å². The molecular formula is C17H29N. The lowest BCUT2D eigenvalue weighted by atomic mass is 10.0. The average molecular weight is 247 g/mol. The molecule has 102 valence electrons. The lowest BCUT2D eigenvalue weighted by molar-refractivity contribution is 0.741. The maximum absolute atomic E-state index is 2.53. The molecule has 0 unspecified atom stereocenters. The summed E-state index contributed by atoms with van der Waals surface area (Å²) in [6.45, 7) is 11.4. The molecule has 0 aromatic heterocycles. The third kappa shape index (κ3) is 4.36. The Morgan fingerprint density at radius 1 is 0.944 bits per heavy atom. The Kier molecular flexibility index (Phi) is 6.85. The molecule has 0 heterocycles. The predicted octanol–water partition coefficient (Wildman–Crippen LogP) is 4.96. The number of nitrogens with zero attached hydrogens (tertiary/aromatic N) is 1. The number of anilines is 1. The van der Waals surface area contributed by atoms with E-state index >= 15 is 0 Å². The van der Waals surface area contributed by atoms with Crippen molar-refractivity contribution in [3.8, 4) is 0 Å². The van der Waals surface area contributed by atoms with Crippen LogP contribution in [0.4, 0.5) is 5.69 Å². The molecule has 0 aliphatic rings. The van der Waals surface area contributed by atoms with Crippen molar-refractivity contribution in [3.05, 3.63) is 29.3 Å². The van der Waals surface area contributed by atoms with Crippen molar-refractivity contribution in [1.82, 2.24) is 0 Å². The summed E-state index contributed by atoms with van der Waals surface area (Å²) >= 11 is 0. The van der Waals surface area contributed by atoms with Gasteiger partial charge in [0.15, 0.2) is 0 Å². The van der Waals surface area contributed by atoms with Crippen LogP contribution in [0.15, 0.2) is 18.2 Å². The van der Waals surface area contributed by atoms with E-state index < -0.39 is 0 Å². The molecule has 18 heavy (non-hydrogen) atoms. The van der Waals surface area contributed by atoms with Gasteiger partial charge in [-0.25, -0.2) is 0 Å². The van der Waals surface area contributed by atoms with Crippen LogP contribution < -0.4 is 4.90 Å². The molecule has 0 atom stereocenters. The lowest BCUT2D eigenvalue weighted by Gasteiger charge is -2.26. The van der Waals surface area contributed by atoms with Gasteiger partial charge in [0, 0.05) is 18.8 Å². The van der Waals surface area contributed by atoms with Crippen LogP contribution in [0.1, 0.15) is 57.6 Å². The van der Waals surface area contributed by atoms with E-state index in [9.17, 15) is 0 Å². The first-order chi connectivity index (χ1) is 8.72. The third-order valence-electron chi connectivity index (χ3n) is 3.41. The lowest BCUT2D eigenvalue weighted by Crippen LogP contribution is -2.25. The topological polar surface area (TPSA) is 3.24 Å². The summed E-state index contributed by atoms with van der Waals surface area (Å²) in [4.78, 5) is 2.53. The minimum atomic E-state index is 1.17. The monoisotopic (exact) mass is 247 g/mol. The van der Waals surface area contributed by atoms with Crippen molar-refractivity contribution in [2.24, 2.45) is 0 Å². The Hall–Kier alpha value is -0.980. The van der Waals surface area contributed by atoms with Gasteiger partial charge in [0.05, 0.1) is 0 Å². The van der Waals surface area contributed by atoms with Crippen LogP contribution in [0, 0.1) is 6.92 Å². The summed E-state index contributed by atoms with van der Waals surface area (Å²) in [5.41, 5.74) is 4.36. The van der Waals surface area contributed by atoms with Crippen molar-refractivity contribution in [3.63, 3.8) is 0 Å². The van der Waals surface area contributed by atoms with Crippen LogP contribution in [-0.4, -0.2) is 13.1 Å². The van der Waals surface area contributed by atoms with Gasteiger partial charge in [-0.3, -0.25) is 0 Å². The number of rotatable bonds is 8. The molecule has 0 saturated heterocycles. The molecule has 1 heteroatoms. The second kappa shape index (κ2) is 8.18. The zero-order chi connectivity index (χ0) is 13.4. The van der Waals surface area contributed by atoms with E-state index in [1.54, 1.807) is 0 Å². The van der Waals surface area contributed by atoms with Crippen LogP contribution in [0.2, 0.25) is 0 Å². The molecule has 1 nitrogen and oxygen atoms in total. The molecule has 0 radical (unpaired) electrons. The van der Waals surface area contributed by atoms with E-state index in [0.717, 1.165) is 0 Å². The zero-order valence-electron chi connectivity index (χ0n) is 12.6. The minimum absolute atomic E-state index is 1.17. The highest BCUT2D eigenvalue weighted by Gasteiger charge is 2.07. The van der Waals surface area contributed by atoms with Crippen molar-refractivity contribution < 1.29 is 0 Å². The fraction of sp³-hybridized carbons (Fsp3) is 0.647. The zero-order valence-corrected chi connectivity index (χ0v) is 12.6. The first-order valence-corrected chi connectivity index (χ1v) is 7.57. The maximum Gasteiger partial charge on any atom is 0.0396 e. The van der Waals surface area contributed by atoms with E-state index in [4.69, 9.17) is 0 Å². The predicted molar refractivity (Wildman–Crippen MR) is 82.6 cm³/mol. The number of benzene rings is 1. The second-order valence-corrected chi connectivity index (χ2v) is 5.21. The Labute approximate surface area is 113 Å². The average Bonchev–Trinajstić information content (AvgIpc) is 2.36. The van der Waals surface area contributed by atoms with Gasteiger partial charge >= 0.3 is 0 Å². The summed E-state index contributed by atoms with van der Waals surface area (Å²) < 4.78 is 0. The van der Waals surface area contributed by atoms with E-state index in [-0.39, 0.29) is 0 Å². The quantitative estimate of drug-likeness (QED) is 0.627. The smallest absolute Gasteiger partial charge is 0.0396 e. The van der Waals surface area contributed by atoms with E-state index in [1.165, 1.54) is 62.0 Å². The van der Waals surface area contributed by atoms with Crippen LogP contribution in [0.5, 0.6) is 0 Å². The van der Waals surface area contributed by atoms with Crippen molar-refractivity contribution in [2.75, 3.05) is 18.0 Å². The highest BCUT2D eigenvalue weighted by Crippen LogP contribution is 2.22. The van der Waals surface area contributed by atoms with Gasteiger partial charge < -0.3 is 4.90 Å². The maximum atomic E-state index is 2.53. The van der Waals surface area contributed by atoms with Crippen LogP contribution >= 0.6 is 0 Å². The third-order valence-corrected chi connectivity index (χ3v) is 3.41. The molecule has 0 bridgehead atoms. The van der Waals surface area contributed by atoms with Crippen molar-refractivity contribution in [1.29, 1.82) is 0 Å². The Morgan fingerprint density at radius 2 is 1.61 bits per heavy atom. The largest absolute Gasteiger partial charge is 0.371 e. The number of aryl methyl sites for hydroxylation is 2. The Morgan fingerprint density at radius 3 is 2.11 bits per heavy atom. The van der Waals surface area contributed by atoms with Crippen LogP contribution in [-0.2, 0) is 6.42 Å². The molecule has 0 aliphatic heterocycles. The van der Waals surface area contributed by atoms with Crippen molar-refractivity contribution in [2.45, 2.75) is 59.8 Å². The van der Waals surface area contributed by atoms with Gasteiger partial charge in [0.2, 0.25) is 0 Å². The SMILES string of the molecule is CCCCc1ccc(N(CCC)CCC)c(C)c1. The fourth-order valence-corrected chi connectivity index (χ4v) is 2.50. The highest BCUT2D eigenvalue weighted by atomic mass is 15.1. The second-order valence-electron chi connectivity index (χ2n) is 5.21. The van der Waals surface area contributed by atoms with Gasteiger partial charge in [-0.1, -0.05) is 39.3 Å². The Bertz CT molecular complexity index is 337. The first kappa shape index (κ1) is 15.1. The van der Waals surface area contributed by atoms with Gasteiger partial charge in [-0.05, 0) is 49.8 Å². The molecule has 1 rings (SSSR count). The standard InChI is InChI=1S/C17H29N/c1-5-8-9-16-10-11-17(15(4)14-16)18(12-6-2)13-7-3/h10-11,14H,5-9,12-13H2,1-4H3. The minimum Gasteiger partial charge on any atom is -0.371 e. The molecule has 0 aliphatic carbocycles. The Balaban J connectivity index is 2.81. The molecule has 0 saturated carbocycles. The molecule has 0 amide bonds. The fourth-order valence-electron chi connectivity index (χ4n) is 2.50. The van der Waals surface area contributed by atoms with Gasteiger partial charge in [0.25, 0.3) is 0 Å². The summed E-state index contributed by atoms with van der Waals surface area (Å²) in [5, 5.41) is 0. The molecule has 1 aromatic carbocycles. The number of hydrogen-bond acceptors (Lipinski definition) is 1. The highest BCUT2D eigenvalue weighted by molar-refractivity contribution is 5.54.